The molecule has 41 N–H and O–H groups in total. The minimum Gasteiger partial charge on any atom is -0.480 e. The maximum absolute atomic E-state index is 14.8. The van der Waals surface area contributed by atoms with Crippen LogP contribution < -0.4 is 134 Å². The van der Waals surface area contributed by atoms with Gasteiger partial charge in [0.05, 0.1) is 0 Å². The highest BCUT2D eigenvalue weighted by atomic mass is 16.6. The quantitative estimate of drug-likeness (QED) is 0.0153. The Balaban J connectivity index is 7.72. The first-order chi connectivity index (χ1) is 45.0. The molecule has 43 heteroatoms. The van der Waals surface area contributed by atoms with Gasteiger partial charge in [0.2, 0.25) is 41.4 Å². The molecule has 8 amide bonds. The van der Waals surface area contributed by atoms with Crippen LogP contribution in [0.25, 0.3) is 0 Å². The predicted octanol–water partition coefficient (Wildman–Crippen LogP) is -10.2. The van der Waals surface area contributed by atoms with Crippen molar-refractivity contribution in [1.82, 2.24) is 42.5 Å². The lowest BCUT2D eigenvalue weighted by atomic mass is 10.0. The van der Waals surface area contributed by atoms with E-state index in [9.17, 15) is 48.3 Å². The highest BCUT2D eigenvalue weighted by Crippen LogP contribution is 2.13. The second-order valence-electron chi connectivity index (χ2n) is 22.6. The molecule has 43 nitrogen and oxygen atoms in total. The Morgan fingerprint density at radius 3 is 0.573 bits per heavy atom. The Kier molecular flexibility index (Phi) is 41.8. The van der Waals surface area contributed by atoms with Crippen LogP contribution >= 0.6 is 0 Å². The lowest BCUT2D eigenvalue weighted by molar-refractivity contribution is -0.142. The number of hydrogen-bond acceptors (Lipinski definition) is 18. The van der Waals surface area contributed by atoms with E-state index < -0.39 is 107 Å². The molecule has 0 saturated heterocycles. The second-order valence-corrected chi connectivity index (χ2v) is 22.6. The molecule has 0 bridgehead atoms. The Labute approximate surface area is 556 Å². The van der Waals surface area contributed by atoms with Gasteiger partial charge in [-0.1, -0.05) is 0 Å². The first-order valence-corrected chi connectivity index (χ1v) is 30.8. The summed E-state index contributed by atoms with van der Waals surface area (Å²) in [5.41, 5.74) is 87.5. The maximum Gasteiger partial charge on any atom is 0.408 e. The van der Waals surface area contributed by atoms with Crippen molar-refractivity contribution in [3.05, 3.63) is 0 Å². The topological polar surface area (TPSA) is 795 Å². The van der Waals surface area contributed by atoms with Crippen LogP contribution in [0, 0.1) is 0 Å². The Hall–Kier alpha value is -10.8. The Morgan fingerprint density at radius 2 is 0.427 bits per heavy atom. The number of ether oxygens (including phenoxy) is 1. The molecule has 0 spiro atoms. The van der Waals surface area contributed by atoms with Crippen molar-refractivity contribution in [3.8, 4) is 0 Å². The predicted molar refractivity (Wildman–Crippen MR) is 364 cm³/mol. The van der Waals surface area contributed by atoms with E-state index >= 15 is 0 Å². The van der Waals surface area contributed by atoms with Gasteiger partial charge in [0.1, 0.15) is 53.9 Å². The van der Waals surface area contributed by atoms with Gasteiger partial charge in [-0.2, -0.15) is 0 Å². The molecule has 8 unspecified atom stereocenters. The summed E-state index contributed by atoms with van der Waals surface area (Å²) in [6.07, 6.45) is -1.62. The highest BCUT2D eigenvalue weighted by molar-refractivity contribution is 5.98. The number of carboxylic acid groups (broad SMARTS) is 1. The van der Waals surface area contributed by atoms with E-state index in [2.05, 4.69) is 82.5 Å². The van der Waals surface area contributed by atoms with Crippen LogP contribution in [0.5, 0.6) is 0 Å². The molecular weight excluding hydrogens is 1260 g/mol. The lowest BCUT2D eigenvalue weighted by Gasteiger charge is -2.28. The van der Waals surface area contributed by atoms with Crippen molar-refractivity contribution >= 4 is 101 Å². The first-order valence-electron chi connectivity index (χ1n) is 30.8. The van der Waals surface area contributed by atoms with Crippen molar-refractivity contribution in [3.63, 3.8) is 0 Å². The third-order valence-electron chi connectivity index (χ3n) is 13.0. The number of nitrogens with two attached hydrogens (primary N) is 16. The fourth-order valence-electron chi connectivity index (χ4n) is 8.52. The number of amides is 8. The van der Waals surface area contributed by atoms with Gasteiger partial charge in [0.25, 0.3) is 0 Å². The highest BCUT2D eigenvalue weighted by Gasteiger charge is 2.35. The van der Waals surface area contributed by atoms with E-state index in [1.807, 2.05) is 0 Å². The van der Waals surface area contributed by atoms with Gasteiger partial charge in [-0.25, -0.2) is 9.59 Å². The zero-order valence-electron chi connectivity index (χ0n) is 54.9. The molecule has 0 aliphatic carbocycles. The van der Waals surface area contributed by atoms with Gasteiger partial charge >= 0.3 is 12.1 Å². The van der Waals surface area contributed by atoms with E-state index in [0.29, 0.717) is 0 Å². The number of guanidine groups is 8. The molecule has 0 aromatic carbocycles. The number of carboxylic acids is 1. The number of alkyl carbamates (subject to hydrolysis) is 1. The minimum atomic E-state index is -1.55. The third-order valence-corrected chi connectivity index (χ3v) is 13.0. The summed E-state index contributed by atoms with van der Waals surface area (Å²) in [7, 11) is 0. The summed E-state index contributed by atoms with van der Waals surface area (Å²) < 4.78 is 5.39. The lowest BCUT2D eigenvalue weighted by Crippen LogP contribution is -2.60. The number of nitrogens with zero attached hydrogens (tertiary/aromatic N) is 8. The summed E-state index contributed by atoms with van der Waals surface area (Å²) in [4.78, 5) is 158. The second kappa shape index (κ2) is 47.1. The Bertz CT molecular complexity index is 2720. The summed E-state index contributed by atoms with van der Waals surface area (Å²) >= 11 is 0. The van der Waals surface area contributed by atoms with Crippen molar-refractivity contribution in [2.24, 2.45) is 132 Å². The van der Waals surface area contributed by atoms with Crippen molar-refractivity contribution in [2.45, 2.75) is 177 Å². The molecular formula is C53H106N32O11. The zero-order chi connectivity index (χ0) is 72.9. The van der Waals surface area contributed by atoms with Gasteiger partial charge in [0.15, 0.2) is 47.7 Å². The van der Waals surface area contributed by atoms with Gasteiger partial charge in [-0.3, -0.25) is 73.5 Å². The number of carbonyl (C=O) groups excluding carboxylic acids is 8. The van der Waals surface area contributed by atoms with Crippen LogP contribution in [-0.2, 0) is 43.1 Å². The molecule has 0 fully saturated rings. The van der Waals surface area contributed by atoms with E-state index in [0.717, 1.165) is 0 Å². The fraction of sp³-hybridized carbons (Fsp3) is 0.679. The summed E-state index contributed by atoms with van der Waals surface area (Å²) in [5.74, 6) is -10.1. The van der Waals surface area contributed by atoms with Gasteiger partial charge in [0, 0.05) is 52.4 Å². The monoisotopic (exact) mass is 1370 g/mol. The number of aliphatic carboxylic acids is 1. The maximum atomic E-state index is 14.8. The molecule has 0 radical (unpaired) electrons. The molecule has 8 atom stereocenters. The molecule has 0 saturated carbocycles. The van der Waals surface area contributed by atoms with Crippen molar-refractivity contribution in [2.75, 3.05) is 52.4 Å². The average molecular weight is 1370 g/mol. The normalized spacial score (nSPS) is 13.2. The molecule has 0 aliphatic rings. The van der Waals surface area contributed by atoms with E-state index in [4.69, 9.17) is 96.5 Å². The van der Waals surface area contributed by atoms with E-state index in [1.54, 1.807) is 20.8 Å². The van der Waals surface area contributed by atoms with Crippen LogP contribution in [0.1, 0.15) is 124 Å². The summed E-state index contributed by atoms with van der Waals surface area (Å²) in [6, 6.07) is -11.8. The summed E-state index contributed by atoms with van der Waals surface area (Å²) in [5, 5.41) is 30.7. The standard InChI is InChI=1S/C53H106N32O11/c1-53(2,3)96-52(95)85-34(18-10-26-76-50(66)67)42(92)83-32(16-8-24-74-48(62)63)40(90)81-30(14-6-22-72-46(58)59)38(88)79-28(12-4-20-70-44(54)55)36(86)78-29(13-5-21-71-45(56)57)37(87)80-31(15-7-23-73-47(60)61)39(89)82-33(17-9-25-75-49(64)65)41(91)84-35(43(93)94)19-11-27-77-51(68)69/h28-35H,4-27H2,1-3H3,(H,78,86)(H,79,88)(H,80,87)(H,81,90)(H,82,89)(H,83,92)(H,84,91)(H,85,95)(H,93,94)(H4,54,55,70)(H4,56,57,71)(H4,58,59,72)(H4,60,61,73)(H4,62,63,74)(H4,64,65,75)(H4,66,67,76)(H4,68,69,77). The van der Waals surface area contributed by atoms with Crippen LogP contribution in [0.15, 0.2) is 39.9 Å². The molecule has 0 rings (SSSR count). The van der Waals surface area contributed by atoms with Gasteiger partial charge in [-0.15, -0.1) is 0 Å². The fourth-order valence-corrected chi connectivity index (χ4v) is 8.52. The largest absolute Gasteiger partial charge is 0.480 e. The molecule has 544 valence electrons. The van der Waals surface area contributed by atoms with E-state index in [-0.39, 0.29) is 203 Å². The van der Waals surface area contributed by atoms with Crippen LogP contribution in [0.4, 0.5) is 4.79 Å². The van der Waals surface area contributed by atoms with Crippen LogP contribution in [0.2, 0.25) is 0 Å². The molecule has 0 aromatic rings. The number of hydrogen-bond donors (Lipinski definition) is 25. The van der Waals surface area contributed by atoms with Crippen molar-refractivity contribution < 1.29 is 53.0 Å². The van der Waals surface area contributed by atoms with E-state index in [1.165, 1.54) is 0 Å². The van der Waals surface area contributed by atoms with Crippen molar-refractivity contribution in [1.29, 1.82) is 0 Å². The molecule has 0 aliphatic heterocycles. The molecule has 0 aromatic heterocycles. The molecule has 96 heavy (non-hydrogen) atoms. The first kappa shape index (κ1) is 85.2. The Morgan fingerprint density at radius 1 is 0.281 bits per heavy atom. The van der Waals surface area contributed by atoms with Gasteiger partial charge in [-0.05, 0) is 124 Å². The molecule has 0 heterocycles. The SMILES string of the molecule is CC(C)(C)OC(=O)NC(CCCN=C(N)N)C(=O)NC(CCCN=C(N)N)C(=O)NC(CCCN=C(N)N)C(=O)NC(CCCN=C(N)N)C(=O)NC(CCCN=C(N)N)C(=O)NC(CCCN=C(N)N)C(=O)NC(CCCN=C(N)N)C(=O)NC(CCCN=C(N)N)C(=O)O. The van der Waals surface area contributed by atoms with Crippen LogP contribution in [-0.4, -0.2) is 212 Å². The number of aliphatic imine (C=N–C) groups is 8. The average Bonchev–Trinajstić information content (AvgIpc) is 1.27. The zero-order valence-corrected chi connectivity index (χ0v) is 54.9. The van der Waals surface area contributed by atoms with Gasteiger partial charge < -0.3 is 144 Å². The number of nitrogens with one attached hydrogen (secondary N) is 8. The number of rotatable bonds is 48. The minimum absolute atomic E-state index is 0.0106. The summed E-state index contributed by atoms with van der Waals surface area (Å²) in [6.45, 7) is 4.67. The smallest absolute Gasteiger partial charge is 0.408 e. The number of carbonyl (C=O) groups is 9. The third kappa shape index (κ3) is 43.1. The van der Waals surface area contributed by atoms with Crippen LogP contribution in [0.3, 0.4) is 0 Å².